The highest BCUT2D eigenvalue weighted by Crippen LogP contribution is 2.27. The molecule has 0 saturated carbocycles. The number of benzene rings is 2. The fourth-order valence-corrected chi connectivity index (χ4v) is 3.06. The first-order chi connectivity index (χ1) is 10.3. The van der Waals surface area contributed by atoms with Crippen LogP contribution in [0.4, 0.5) is 5.69 Å². The van der Waals surface area contributed by atoms with Gasteiger partial charge in [-0.2, -0.15) is 0 Å². The van der Waals surface area contributed by atoms with E-state index in [9.17, 15) is 13.2 Å². The number of anilines is 1. The maximum atomic E-state index is 12.4. The average Bonchev–Trinajstić information content (AvgIpc) is 2.47. The summed E-state index contributed by atoms with van der Waals surface area (Å²) in [6, 6.07) is 9.93. The Hall–Kier alpha value is -2.25. The molecule has 0 heterocycles. The molecule has 6 nitrogen and oxygen atoms in total. The van der Waals surface area contributed by atoms with Crippen LogP contribution in [0.2, 0.25) is 5.02 Å². The largest absolute Gasteiger partial charge is 0.495 e. The van der Waals surface area contributed by atoms with E-state index in [1.165, 1.54) is 25.3 Å². The van der Waals surface area contributed by atoms with E-state index in [4.69, 9.17) is 21.4 Å². The standard InChI is InChI=1S/C14H12ClNO5S/c1-21-13-5-3-2-4-12(13)16-22(19,20)9-6-7-11(15)10(8-9)14(17)18/h2-8,16H,1H3,(H,17,18). The van der Waals surface area contributed by atoms with Gasteiger partial charge in [0, 0.05) is 0 Å². The average molecular weight is 342 g/mol. The lowest BCUT2D eigenvalue weighted by molar-refractivity contribution is 0.0697. The van der Waals surface area contributed by atoms with Gasteiger partial charge in [-0.3, -0.25) is 4.72 Å². The molecule has 2 aromatic rings. The molecule has 8 heteroatoms. The molecule has 0 aliphatic rings. The van der Waals surface area contributed by atoms with Crippen molar-refractivity contribution < 1.29 is 23.1 Å². The zero-order valence-electron chi connectivity index (χ0n) is 11.4. The Kier molecular flexibility index (Phi) is 4.58. The van der Waals surface area contributed by atoms with E-state index in [0.29, 0.717) is 5.75 Å². The third kappa shape index (κ3) is 3.32. The number of aromatic carboxylic acids is 1. The van der Waals surface area contributed by atoms with Crippen molar-refractivity contribution in [1.82, 2.24) is 0 Å². The lowest BCUT2D eigenvalue weighted by atomic mass is 10.2. The Morgan fingerprint density at radius 3 is 2.55 bits per heavy atom. The smallest absolute Gasteiger partial charge is 0.337 e. The van der Waals surface area contributed by atoms with Crippen LogP contribution in [-0.2, 0) is 10.0 Å². The number of carboxylic acid groups (broad SMARTS) is 1. The van der Waals surface area contributed by atoms with Gasteiger partial charge in [0.25, 0.3) is 10.0 Å². The minimum Gasteiger partial charge on any atom is -0.495 e. The number of ether oxygens (including phenoxy) is 1. The van der Waals surface area contributed by atoms with Gasteiger partial charge in [-0.1, -0.05) is 23.7 Å². The minimum absolute atomic E-state index is 0.0382. The number of carbonyl (C=O) groups is 1. The topological polar surface area (TPSA) is 92.7 Å². The summed E-state index contributed by atoms with van der Waals surface area (Å²) in [5, 5.41) is 8.97. The maximum absolute atomic E-state index is 12.4. The molecule has 0 bridgehead atoms. The summed E-state index contributed by atoms with van der Waals surface area (Å²) in [5.74, 6) is -0.960. The number of hydrogen-bond donors (Lipinski definition) is 2. The Bertz CT molecular complexity index is 820. The summed E-state index contributed by atoms with van der Waals surface area (Å²) < 4.78 is 32.1. The van der Waals surface area contributed by atoms with Crippen LogP contribution in [0.3, 0.4) is 0 Å². The van der Waals surface area contributed by atoms with Crippen molar-refractivity contribution in [2.24, 2.45) is 0 Å². The summed E-state index contributed by atoms with van der Waals surface area (Å²) in [6.07, 6.45) is 0. The van der Waals surface area contributed by atoms with Gasteiger partial charge in [0.05, 0.1) is 28.3 Å². The van der Waals surface area contributed by atoms with Crippen LogP contribution in [0, 0.1) is 0 Å². The highest BCUT2D eigenvalue weighted by molar-refractivity contribution is 7.92. The number of rotatable bonds is 5. The fraction of sp³-hybridized carbons (Fsp3) is 0.0714. The van der Waals surface area contributed by atoms with Crippen molar-refractivity contribution in [2.75, 3.05) is 11.8 Å². The molecule has 2 N–H and O–H groups in total. The Morgan fingerprint density at radius 2 is 1.91 bits per heavy atom. The maximum Gasteiger partial charge on any atom is 0.337 e. The number of halogens is 1. The molecule has 0 atom stereocenters. The van der Waals surface area contributed by atoms with Gasteiger partial charge >= 0.3 is 5.97 Å². The third-order valence-corrected chi connectivity index (χ3v) is 4.52. The Balaban J connectivity index is 2.43. The van der Waals surface area contributed by atoms with Gasteiger partial charge in [0.1, 0.15) is 5.75 Å². The second-order valence-corrected chi connectivity index (χ2v) is 6.34. The predicted molar refractivity (Wildman–Crippen MR) is 82.2 cm³/mol. The molecule has 0 fully saturated rings. The number of carboxylic acids is 1. The van der Waals surface area contributed by atoms with E-state index in [0.717, 1.165) is 6.07 Å². The highest BCUT2D eigenvalue weighted by atomic mass is 35.5. The number of hydrogen-bond acceptors (Lipinski definition) is 4. The van der Waals surface area contributed by atoms with E-state index in [1.54, 1.807) is 18.2 Å². The lowest BCUT2D eigenvalue weighted by Gasteiger charge is -2.12. The molecule has 22 heavy (non-hydrogen) atoms. The van der Waals surface area contributed by atoms with Gasteiger partial charge in [0.15, 0.2) is 0 Å². The first-order valence-electron chi connectivity index (χ1n) is 6.04. The predicted octanol–water partition coefficient (Wildman–Crippen LogP) is 2.85. The van der Waals surface area contributed by atoms with Gasteiger partial charge in [-0.05, 0) is 30.3 Å². The molecule has 0 aliphatic heterocycles. The molecular formula is C14H12ClNO5S. The van der Waals surface area contributed by atoms with Crippen molar-refractivity contribution in [2.45, 2.75) is 4.90 Å². The van der Waals surface area contributed by atoms with Crippen LogP contribution >= 0.6 is 11.6 Å². The SMILES string of the molecule is COc1ccccc1NS(=O)(=O)c1ccc(Cl)c(C(=O)O)c1. The van der Waals surface area contributed by atoms with Crippen molar-refractivity contribution in [3.8, 4) is 5.75 Å². The second-order valence-electron chi connectivity index (χ2n) is 4.25. The van der Waals surface area contributed by atoms with Crippen LogP contribution in [0.5, 0.6) is 5.75 Å². The molecule has 116 valence electrons. The summed E-state index contributed by atoms with van der Waals surface area (Å²) in [6.45, 7) is 0. The van der Waals surface area contributed by atoms with Crippen molar-refractivity contribution in [1.29, 1.82) is 0 Å². The summed E-state index contributed by atoms with van der Waals surface area (Å²) in [4.78, 5) is 10.8. The number of sulfonamides is 1. The third-order valence-electron chi connectivity index (χ3n) is 2.83. The van der Waals surface area contributed by atoms with E-state index < -0.39 is 16.0 Å². The molecule has 2 aromatic carbocycles. The van der Waals surface area contributed by atoms with Gasteiger partial charge in [0.2, 0.25) is 0 Å². The van der Waals surface area contributed by atoms with Gasteiger partial charge in [-0.25, -0.2) is 13.2 Å². The molecule has 0 amide bonds. The molecule has 0 saturated heterocycles. The Morgan fingerprint density at radius 1 is 1.23 bits per heavy atom. The summed E-state index contributed by atoms with van der Waals surface area (Å²) in [7, 11) is -2.56. The quantitative estimate of drug-likeness (QED) is 0.872. The first-order valence-corrected chi connectivity index (χ1v) is 7.90. The van der Waals surface area contributed by atoms with Crippen LogP contribution in [0.1, 0.15) is 10.4 Å². The number of nitrogens with one attached hydrogen (secondary N) is 1. The van der Waals surface area contributed by atoms with Crippen LogP contribution in [-0.4, -0.2) is 26.6 Å². The zero-order chi connectivity index (χ0) is 16.3. The van der Waals surface area contributed by atoms with E-state index in [1.807, 2.05) is 0 Å². The van der Waals surface area contributed by atoms with Gasteiger partial charge < -0.3 is 9.84 Å². The zero-order valence-corrected chi connectivity index (χ0v) is 13.0. The molecule has 0 aromatic heterocycles. The van der Waals surface area contributed by atoms with Crippen molar-refractivity contribution in [3.05, 3.63) is 53.1 Å². The lowest BCUT2D eigenvalue weighted by Crippen LogP contribution is -2.14. The Labute approximate surface area is 132 Å². The molecule has 0 spiro atoms. The van der Waals surface area contributed by atoms with Crippen molar-refractivity contribution >= 4 is 33.3 Å². The summed E-state index contributed by atoms with van der Waals surface area (Å²) in [5.41, 5.74) is -0.0404. The fourth-order valence-electron chi connectivity index (χ4n) is 1.77. The van der Waals surface area contributed by atoms with Crippen LogP contribution in [0.15, 0.2) is 47.4 Å². The normalized spacial score (nSPS) is 11.0. The summed E-state index contributed by atoms with van der Waals surface area (Å²) >= 11 is 5.73. The van der Waals surface area contributed by atoms with E-state index in [-0.39, 0.29) is 21.2 Å². The highest BCUT2D eigenvalue weighted by Gasteiger charge is 2.19. The van der Waals surface area contributed by atoms with Crippen LogP contribution in [0.25, 0.3) is 0 Å². The molecular weight excluding hydrogens is 330 g/mol. The number of methoxy groups -OCH3 is 1. The number of para-hydroxylation sites is 2. The van der Waals surface area contributed by atoms with Crippen LogP contribution < -0.4 is 9.46 Å². The molecule has 0 radical (unpaired) electrons. The van der Waals surface area contributed by atoms with E-state index >= 15 is 0 Å². The molecule has 0 unspecified atom stereocenters. The molecule has 2 rings (SSSR count). The van der Waals surface area contributed by atoms with Gasteiger partial charge in [-0.15, -0.1) is 0 Å². The molecule has 0 aliphatic carbocycles. The van der Waals surface area contributed by atoms with Crippen molar-refractivity contribution in [3.63, 3.8) is 0 Å². The monoisotopic (exact) mass is 341 g/mol. The second kappa shape index (κ2) is 6.25. The first kappa shape index (κ1) is 16.1. The van der Waals surface area contributed by atoms with E-state index in [2.05, 4.69) is 4.72 Å². The minimum atomic E-state index is -3.97.